The van der Waals surface area contributed by atoms with Crippen LogP contribution in [0.5, 0.6) is 0 Å². The molecule has 0 bridgehead atoms. The van der Waals surface area contributed by atoms with Gasteiger partial charge < -0.3 is 14.2 Å². The Hall–Kier alpha value is -1.90. The smallest absolute Gasteiger partial charge is 0.160 e. The molecule has 3 heteroatoms. The van der Waals surface area contributed by atoms with Gasteiger partial charge in [0.2, 0.25) is 0 Å². The molecule has 0 aliphatic rings. The molecule has 100 valence electrons. The van der Waals surface area contributed by atoms with Crippen LogP contribution in [0.25, 0.3) is 0 Å². The van der Waals surface area contributed by atoms with Gasteiger partial charge in [0.1, 0.15) is 11.5 Å². The number of ether oxygens (including phenoxy) is 3. The van der Waals surface area contributed by atoms with Crippen molar-refractivity contribution < 1.29 is 14.2 Å². The van der Waals surface area contributed by atoms with Crippen LogP contribution in [0.3, 0.4) is 0 Å². The summed E-state index contributed by atoms with van der Waals surface area (Å²) in [5.74, 6) is 2.15. The molecule has 0 rings (SSSR count). The monoisotopic (exact) mass is 250 g/mol. The third-order valence-electron chi connectivity index (χ3n) is 2.21. The van der Waals surface area contributed by atoms with Gasteiger partial charge in [0.05, 0.1) is 14.2 Å². The average molecular weight is 250 g/mol. The summed E-state index contributed by atoms with van der Waals surface area (Å²) in [5, 5.41) is 0. The fourth-order valence-electron chi connectivity index (χ4n) is 1.25. The Bertz CT molecular complexity index is 387. The molecule has 0 aromatic heterocycles. The zero-order valence-corrected chi connectivity index (χ0v) is 11.7. The Morgan fingerprint density at radius 2 is 1.67 bits per heavy atom. The van der Waals surface area contributed by atoms with E-state index < -0.39 is 0 Å². The summed E-state index contributed by atoms with van der Waals surface area (Å²) in [6, 6.07) is 0. The van der Waals surface area contributed by atoms with E-state index in [2.05, 4.69) is 19.7 Å². The maximum absolute atomic E-state index is 5.41. The van der Waals surface area contributed by atoms with E-state index in [1.165, 1.54) is 7.11 Å². The van der Waals surface area contributed by atoms with Gasteiger partial charge in [0, 0.05) is 6.42 Å². The fourth-order valence-corrected chi connectivity index (χ4v) is 1.25. The van der Waals surface area contributed by atoms with Crippen LogP contribution in [0.1, 0.15) is 20.3 Å². The van der Waals surface area contributed by atoms with Crippen molar-refractivity contribution in [1.29, 1.82) is 0 Å². The third kappa shape index (κ3) is 5.99. The van der Waals surface area contributed by atoms with Crippen molar-refractivity contribution in [2.75, 3.05) is 14.2 Å². The van der Waals surface area contributed by atoms with E-state index in [-0.39, 0.29) is 0 Å². The Morgan fingerprint density at radius 1 is 1.06 bits per heavy atom. The first-order valence-electron chi connectivity index (χ1n) is 5.59. The second kappa shape index (κ2) is 8.23. The van der Waals surface area contributed by atoms with Crippen LogP contribution in [0.4, 0.5) is 0 Å². The van der Waals surface area contributed by atoms with Crippen molar-refractivity contribution in [1.82, 2.24) is 0 Å². The lowest BCUT2D eigenvalue weighted by molar-refractivity contribution is 0.227. The minimum Gasteiger partial charge on any atom is -0.497 e. The molecule has 0 unspecified atom stereocenters. The fraction of sp³-hybridized carbons (Fsp3) is 0.333. The summed E-state index contributed by atoms with van der Waals surface area (Å²) in [4.78, 5) is 0. The lowest BCUT2D eigenvalue weighted by atomic mass is 10.1. The highest BCUT2D eigenvalue weighted by Gasteiger charge is 2.05. The molecule has 0 saturated heterocycles. The van der Waals surface area contributed by atoms with Gasteiger partial charge in [-0.25, -0.2) is 0 Å². The zero-order chi connectivity index (χ0) is 14.1. The summed E-state index contributed by atoms with van der Waals surface area (Å²) < 4.78 is 15.5. The lowest BCUT2D eigenvalue weighted by Crippen LogP contribution is -1.96. The summed E-state index contributed by atoms with van der Waals surface area (Å²) in [6.07, 6.45) is 4.41. The number of rotatable bonds is 8. The maximum Gasteiger partial charge on any atom is 0.160 e. The first-order valence-corrected chi connectivity index (χ1v) is 5.59. The van der Waals surface area contributed by atoms with Crippen molar-refractivity contribution >= 4 is 0 Å². The van der Waals surface area contributed by atoms with Crippen LogP contribution < -0.4 is 0 Å². The SMILES string of the molecule is C=C(CC(C)=CC(=CC)OC)OC(=C)C(=C)OC. The average Bonchev–Trinajstić information content (AvgIpc) is 2.34. The maximum atomic E-state index is 5.41. The Balaban J connectivity index is 4.41. The highest BCUT2D eigenvalue weighted by Crippen LogP contribution is 2.18. The third-order valence-corrected chi connectivity index (χ3v) is 2.21. The highest BCUT2D eigenvalue weighted by atomic mass is 16.5. The van der Waals surface area contributed by atoms with Crippen LogP contribution in [0.2, 0.25) is 0 Å². The van der Waals surface area contributed by atoms with Gasteiger partial charge in [-0.3, -0.25) is 0 Å². The normalized spacial score (nSPS) is 11.8. The second-order valence-electron chi connectivity index (χ2n) is 3.75. The number of hydrogen-bond donors (Lipinski definition) is 0. The van der Waals surface area contributed by atoms with E-state index in [1.807, 2.05) is 26.0 Å². The lowest BCUT2D eigenvalue weighted by Gasteiger charge is -2.12. The molecule has 0 fully saturated rings. The van der Waals surface area contributed by atoms with Crippen molar-refractivity contribution in [3.63, 3.8) is 0 Å². The predicted octanol–water partition coefficient (Wildman–Crippen LogP) is 4.08. The van der Waals surface area contributed by atoms with Crippen molar-refractivity contribution in [3.05, 3.63) is 60.5 Å². The van der Waals surface area contributed by atoms with Crippen molar-refractivity contribution in [2.24, 2.45) is 0 Å². The minimum absolute atomic E-state index is 0.369. The van der Waals surface area contributed by atoms with Crippen LogP contribution in [0, 0.1) is 0 Å². The van der Waals surface area contributed by atoms with Crippen LogP contribution in [-0.2, 0) is 14.2 Å². The molecule has 0 N–H and O–H groups in total. The van der Waals surface area contributed by atoms with E-state index in [0.29, 0.717) is 23.7 Å². The largest absolute Gasteiger partial charge is 0.497 e. The molecule has 0 spiro atoms. The molecule has 0 aliphatic carbocycles. The zero-order valence-electron chi connectivity index (χ0n) is 11.7. The van der Waals surface area contributed by atoms with E-state index in [1.54, 1.807) is 7.11 Å². The van der Waals surface area contributed by atoms with Crippen LogP contribution >= 0.6 is 0 Å². The predicted molar refractivity (Wildman–Crippen MR) is 74.7 cm³/mol. The van der Waals surface area contributed by atoms with Crippen molar-refractivity contribution in [3.8, 4) is 0 Å². The second-order valence-corrected chi connectivity index (χ2v) is 3.75. The molecule has 0 aliphatic heterocycles. The van der Waals surface area contributed by atoms with Gasteiger partial charge in [0.15, 0.2) is 11.5 Å². The Kier molecular flexibility index (Phi) is 7.36. The summed E-state index contributed by atoms with van der Waals surface area (Å²) in [6.45, 7) is 15.1. The minimum atomic E-state index is 0.369. The summed E-state index contributed by atoms with van der Waals surface area (Å²) in [5.41, 5.74) is 1.07. The van der Waals surface area contributed by atoms with E-state index >= 15 is 0 Å². The highest BCUT2D eigenvalue weighted by molar-refractivity contribution is 5.21. The Labute approximate surface area is 110 Å². The molecule has 0 aromatic carbocycles. The molecule has 0 heterocycles. The molecule has 0 radical (unpaired) electrons. The molecule has 0 amide bonds. The molecule has 0 atom stereocenters. The van der Waals surface area contributed by atoms with E-state index in [9.17, 15) is 0 Å². The quantitative estimate of drug-likeness (QED) is 0.480. The molecule has 3 nitrogen and oxygen atoms in total. The molecular formula is C15H22O3. The topological polar surface area (TPSA) is 27.7 Å². The van der Waals surface area contributed by atoms with Crippen LogP contribution in [-0.4, -0.2) is 14.2 Å². The van der Waals surface area contributed by atoms with Gasteiger partial charge in [-0.05, 0) is 26.0 Å². The van der Waals surface area contributed by atoms with E-state index in [4.69, 9.17) is 14.2 Å². The van der Waals surface area contributed by atoms with Gasteiger partial charge in [-0.1, -0.05) is 25.3 Å². The van der Waals surface area contributed by atoms with Crippen LogP contribution in [0.15, 0.2) is 60.5 Å². The molecular weight excluding hydrogens is 228 g/mol. The Morgan fingerprint density at radius 3 is 2.11 bits per heavy atom. The number of allylic oxidation sites excluding steroid dienone is 3. The molecule has 0 aromatic rings. The molecule has 0 saturated carbocycles. The van der Waals surface area contributed by atoms with Gasteiger partial charge in [0.25, 0.3) is 0 Å². The number of methoxy groups -OCH3 is 2. The van der Waals surface area contributed by atoms with E-state index in [0.717, 1.165) is 11.3 Å². The van der Waals surface area contributed by atoms with Gasteiger partial charge in [-0.15, -0.1) is 0 Å². The first-order chi connectivity index (χ1) is 8.44. The van der Waals surface area contributed by atoms with Crippen molar-refractivity contribution in [2.45, 2.75) is 20.3 Å². The number of hydrogen-bond acceptors (Lipinski definition) is 3. The van der Waals surface area contributed by atoms with Gasteiger partial charge in [-0.2, -0.15) is 0 Å². The van der Waals surface area contributed by atoms with Gasteiger partial charge >= 0.3 is 0 Å². The standard InChI is InChI=1S/C15H22O3/c1-8-15(17-7)10-11(2)9-12(3)18-14(5)13(4)16-6/h8,10H,3-5,9H2,1-2,6-7H3. The first kappa shape index (κ1) is 16.1. The summed E-state index contributed by atoms with van der Waals surface area (Å²) >= 11 is 0. The molecule has 18 heavy (non-hydrogen) atoms. The summed E-state index contributed by atoms with van der Waals surface area (Å²) in [7, 11) is 3.15.